The molecule has 0 unspecified atom stereocenters. The predicted octanol–water partition coefficient (Wildman–Crippen LogP) is -12.3. The molecule has 0 spiro atoms. The minimum Gasteiger partial charge on any atom is -0.469 e. The van der Waals surface area contributed by atoms with Gasteiger partial charge in [-0.2, -0.15) is 0 Å². The highest BCUT2D eigenvalue weighted by Crippen LogP contribution is 2.40. The number of hydrogen-bond acceptors (Lipinski definition) is 39. The van der Waals surface area contributed by atoms with Crippen LogP contribution in [0.5, 0.6) is 0 Å². The third kappa shape index (κ3) is 18.7. The van der Waals surface area contributed by atoms with E-state index in [-0.39, 0.29) is 13.0 Å². The van der Waals surface area contributed by atoms with Gasteiger partial charge in [0.25, 0.3) is 0 Å². The van der Waals surface area contributed by atoms with Gasteiger partial charge in [0.05, 0.1) is 58.0 Å². The van der Waals surface area contributed by atoms with Crippen LogP contribution in [-0.2, 0) is 94.9 Å². The van der Waals surface area contributed by atoms with Crippen molar-refractivity contribution >= 4 is 17.8 Å². The fourth-order valence-electron chi connectivity index (χ4n) is 13.0. The molecule has 8 saturated heterocycles. The third-order valence-electron chi connectivity index (χ3n) is 18.8. The number of aliphatic hydroxyl groups excluding tert-OH is 19. The maximum atomic E-state index is 13.0. The highest BCUT2D eigenvalue weighted by molar-refractivity contribution is 5.73. The van der Waals surface area contributed by atoms with Crippen molar-refractivity contribution in [2.45, 2.75) is 313 Å². The molecular weight excluding hydrogens is 1360 g/mol. The number of carbonyl (C=O) groups is 3. The summed E-state index contributed by atoms with van der Waals surface area (Å²) < 4.78 is 99.8. The van der Waals surface area contributed by atoms with Gasteiger partial charge < -0.3 is 188 Å². The standard InChI is InChI=1S/C59H100N2O39/c1-17-30(69)38(77)41(80)55(87-17)99-50-39(78)34(73)23(13-62)92-58(50)94-46-29(61-22(6)67)53(91-26(16-65)37(46)76)97-48-32(71)19(3)88-56(43(48)82)98-49-33(72)20(4)89-57(44(49)83)100-51-40(79)35(74)24(14-63)93-59(51)95-45-28(60-21(5)66)52(90-25(15-64)36(45)75)96-47-31(70)18(2)86-54(42(47)81)85-12-10-8-9-11-27(68)84-7/h17-20,23-26,28-59,62-65,69-83H,8-16H2,1-7H3,(H,60,66)(H,61,67)/t17-,18-,19-,20-,23+,24+,25+,26+,28+,29+,30-,31-,32-,33-,34-,35-,36+,37+,38+,39-,40-,41+,42+,43+,44+,45+,46+,47+,48+,49+,50+,51+,52+,53+,54+,55-,56-,57-,58+,59+/m0/s1. The number of methoxy groups -OCH3 is 1. The van der Waals surface area contributed by atoms with Crippen molar-refractivity contribution in [2.75, 3.05) is 40.1 Å². The Morgan fingerprint density at radius 2 is 0.640 bits per heavy atom. The topological polar surface area (TPSA) is 617 Å². The molecule has 0 aliphatic carbocycles. The number of hydrogen-bond donors (Lipinski definition) is 21. The van der Waals surface area contributed by atoms with E-state index in [1.165, 1.54) is 34.8 Å². The second-order valence-electron chi connectivity index (χ2n) is 26.0. The molecule has 8 rings (SSSR count). The molecule has 8 fully saturated rings. The van der Waals surface area contributed by atoms with Gasteiger partial charge in [-0.05, 0) is 40.5 Å². The van der Waals surface area contributed by atoms with E-state index in [0.717, 1.165) is 13.8 Å². The molecule has 0 aromatic heterocycles. The normalized spacial score (nSPS) is 48.8. The summed E-state index contributed by atoms with van der Waals surface area (Å²) in [4.78, 5) is 37.6. The van der Waals surface area contributed by atoms with E-state index in [9.17, 15) is 111 Å². The highest BCUT2D eigenvalue weighted by Gasteiger charge is 2.60. The van der Waals surface area contributed by atoms with Crippen molar-refractivity contribution in [3.63, 3.8) is 0 Å². The molecule has 580 valence electrons. The summed E-state index contributed by atoms with van der Waals surface area (Å²) in [7, 11) is 1.26. The van der Waals surface area contributed by atoms with Crippen LogP contribution in [0.25, 0.3) is 0 Å². The number of unbranched alkanes of at least 4 members (excludes halogenated alkanes) is 2. The van der Waals surface area contributed by atoms with E-state index in [0.29, 0.717) is 19.3 Å². The van der Waals surface area contributed by atoms with Crippen LogP contribution in [0.15, 0.2) is 0 Å². The number of carbonyl (C=O) groups excluding carboxylic acids is 3. The SMILES string of the molecule is COC(=O)CCCCCO[C@@H]1O[C@@H](C)[C@H](O)[C@@H](O[C@H]2O[C@H](CO)[C@@H](O)[C@H](O[C@H]3O[C@H](CO)[C@H](O)[C@H](O)[C@H]3O[C@@H]3O[C@@H](C)[C@H](O)[C@@H](O[C@@H]4O[C@@H](C)[C@H](O)[C@@H](O[C@H]5O[C@H](CO)[C@@H](O)[C@H](O[C@H]6O[C@H](CO)[C@H](O)[C@H](O)[C@H]6O[C@@H]6O[C@@H](C)[C@H](O)[C@@H](O)[C@H]6O)[C@H]5NC(C)=O)[C@H]4O)[C@H]3O)[C@H]2NC(C)=O)[C@H]1O. The Labute approximate surface area is 571 Å². The number of ether oxygens (including phenoxy) is 17. The van der Waals surface area contributed by atoms with Crippen LogP contribution in [0.3, 0.4) is 0 Å². The van der Waals surface area contributed by atoms with Crippen molar-refractivity contribution in [1.29, 1.82) is 0 Å². The second-order valence-corrected chi connectivity index (χ2v) is 26.0. The van der Waals surface area contributed by atoms with Gasteiger partial charge in [0.1, 0.15) is 171 Å². The number of nitrogens with one attached hydrogen (secondary N) is 2. The lowest BCUT2D eigenvalue weighted by Gasteiger charge is -2.51. The summed E-state index contributed by atoms with van der Waals surface area (Å²) >= 11 is 0. The quantitative estimate of drug-likeness (QED) is 0.0268. The molecule has 2 amide bonds. The average molecular weight is 1460 g/mol. The fourth-order valence-corrected chi connectivity index (χ4v) is 13.0. The number of rotatable bonds is 27. The molecule has 100 heavy (non-hydrogen) atoms. The summed E-state index contributed by atoms with van der Waals surface area (Å²) in [6, 6.07) is -3.52. The zero-order valence-corrected chi connectivity index (χ0v) is 55.6. The van der Waals surface area contributed by atoms with Crippen molar-refractivity contribution < 1.29 is 192 Å². The first-order valence-corrected chi connectivity index (χ1v) is 33.0. The number of esters is 1. The Balaban J connectivity index is 1.01. The zero-order chi connectivity index (χ0) is 73.6. The van der Waals surface area contributed by atoms with Gasteiger partial charge >= 0.3 is 5.97 Å². The van der Waals surface area contributed by atoms with E-state index < -0.39 is 290 Å². The van der Waals surface area contributed by atoms with Gasteiger partial charge in [0, 0.05) is 26.9 Å². The van der Waals surface area contributed by atoms with Gasteiger partial charge in [-0.15, -0.1) is 0 Å². The largest absolute Gasteiger partial charge is 0.469 e. The first kappa shape index (κ1) is 82.7. The molecular formula is C59H100N2O39. The van der Waals surface area contributed by atoms with Crippen LogP contribution >= 0.6 is 0 Å². The van der Waals surface area contributed by atoms with E-state index >= 15 is 0 Å². The molecule has 0 saturated carbocycles. The first-order chi connectivity index (χ1) is 47.3. The Morgan fingerprint density at radius 3 is 1.02 bits per heavy atom. The molecule has 8 aliphatic rings. The van der Waals surface area contributed by atoms with Gasteiger partial charge in [-0.3, -0.25) is 14.4 Å². The van der Waals surface area contributed by atoms with Crippen LogP contribution in [0.2, 0.25) is 0 Å². The smallest absolute Gasteiger partial charge is 0.305 e. The molecule has 40 atom stereocenters. The molecule has 41 nitrogen and oxygen atoms in total. The lowest BCUT2D eigenvalue weighted by atomic mass is 9.94. The van der Waals surface area contributed by atoms with E-state index in [1.807, 2.05) is 0 Å². The van der Waals surface area contributed by atoms with Crippen LogP contribution < -0.4 is 10.6 Å². The number of amides is 2. The van der Waals surface area contributed by atoms with Crippen molar-refractivity contribution in [3.05, 3.63) is 0 Å². The molecule has 41 heteroatoms. The fraction of sp³-hybridized carbons (Fsp3) is 0.949. The maximum absolute atomic E-state index is 13.0. The Morgan fingerprint density at radius 1 is 0.320 bits per heavy atom. The molecule has 8 heterocycles. The van der Waals surface area contributed by atoms with Crippen LogP contribution in [0.1, 0.15) is 67.2 Å². The lowest BCUT2D eigenvalue weighted by Crippen LogP contribution is -2.70. The summed E-state index contributed by atoms with van der Waals surface area (Å²) in [6.07, 6.45) is -68.6. The zero-order valence-electron chi connectivity index (χ0n) is 55.6. The summed E-state index contributed by atoms with van der Waals surface area (Å²) in [6.45, 7) is 3.35. The minimum absolute atomic E-state index is 0.0150. The minimum atomic E-state index is -2.25. The molecule has 0 bridgehead atoms. The summed E-state index contributed by atoms with van der Waals surface area (Å²) in [5.74, 6) is -2.09. The van der Waals surface area contributed by atoms with Crippen molar-refractivity contribution in [1.82, 2.24) is 10.6 Å². The highest BCUT2D eigenvalue weighted by atomic mass is 16.8. The van der Waals surface area contributed by atoms with Gasteiger partial charge in [-0.25, -0.2) is 0 Å². The Bertz CT molecular complexity index is 2550. The Hall–Kier alpha value is -2.99. The molecule has 0 radical (unpaired) electrons. The van der Waals surface area contributed by atoms with Gasteiger partial charge in [0.15, 0.2) is 50.3 Å². The van der Waals surface area contributed by atoms with E-state index in [4.69, 9.17) is 75.8 Å². The predicted molar refractivity (Wildman–Crippen MR) is 316 cm³/mol. The molecule has 0 aromatic rings. The summed E-state index contributed by atoms with van der Waals surface area (Å²) in [5, 5.41) is 218. The van der Waals surface area contributed by atoms with Gasteiger partial charge in [-0.1, -0.05) is 6.42 Å². The Kier molecular flexibility index (Phi) is 30.2. The van der Waals surface area contributed by atoms with Gasteiger partial charge in [0.2, 0.25) is 11.8 Å². The van der Waals surface area contributed by atoms with Crippen molar-refractivity contribution in [3.8, 4) is 0 Å². The van der Waals surface area contributed by atoms with Crippen molar-refractivity contribution in [2.24, 2.45) is 0 Å². The molecule has 0 aromatic carbocycles. The van der Waals surface area contributed by atoms with E-state index in [1.54, 1.807) is 0 Å². The molecule has 21 N–H and O–H groups in total. The van der Waals surface area contributed by atoms with Crippen LogP contribution in [-0.4, -0.2) is 400 Å². The first-order valence-electron chi connectivity index (χ1n) is 33.0. The second kappa shape index (κ2) is 36.5. The maximum Gasteiger partial charge on any atom is 0.305 e. The molecule has 8 aliphatic heterocycles. The monoisotopic (exact) mass is 1460 g/mol. The van der Waals surface area contributed by atoms with E-state index in [2.05, 4.69) is 15.4 Å². The van der Waals surface area contributed by atoms with Crippen LogP contribution in [0.4, 0.5) is 0 Å². The lowest BCUT2D eigenvalue weighted by molar-refractivity contribution is -0.398. The van der Waals surface area contributed by atoms with Crippen LogP contribution in [0, 0.1) is 0 Å². The third-order valence-corrected chi connectivity index (χ3v) is 18.8. The summed E-state index contributed by atoms with van der Waals surface area (Å²) in [5.41, 5.74) is 0. The number of aliphatic hydroxyl groups is 19. The average Bonchev–Trinajstić information content (AvgIpc) is 0.773.